The molecule has 0 radical (unpaired) electrons. The molecular weight excluding hydrogens is 430 g/mol. The molecule has 1 unspecified atom stereocenters. The topological polar surface area (TPSA) is 85.9 Å². The Labute approximate surface area is 199 Å². The summed E-state index contributed by atoms with van der Waals surface area (Å²) in [5.74, 6) is -0.841. The van der Waals surface area contributed by atoms with Crippen molar-refractivity contribution in [3.8, 4) is 5.75 Å². The molecule has 1 aromatic heterocycles. The highest BCUT2D eigenvalue weighted by atomic mass is 16.5. The number of nitrogens with zero attached hydrogens (tertiary/aromatic N) is 2. The first-order valence-corrected chi connectivity index (χ1v) is 11.6. The highest BCUT2D eigenvalue weighted by Crippen LogP contribution is 2.42. The maximum absolute atomic E-state index is 13.3. The number of aromatic nitrogens is 1. The molecule has 7 heteroatoms. The van der Waals surface area contributed by atoms with Gasteiger partial charge >= 0.3 is 0 Å². The summed E-state index contributed by atoms with van der Waals surface area (Å²) < 4.78 is 5.70. The number of hydrogen-bond acceptors (Lipinski definition) is 5. The van der Waals surface area contributed by atoms with Gasteiger partial charge in [0.15, 0.2) is 0 Å². The summed E-state index contributed by atoms with van der Waals surface area (Å²) in [6, 6.07) is 14.1. The maximum Gasteiger partial charge on any atom is 0.295 e. The molecule has 34 heavy (non-hydrogen) atoms. The number of benzene rings is 2. The van der Waals surface area contributed by atoms with Crippen LogP contribution in [0.4, 0.5) is 0 Å². The van der Waals surface area contributed by atoms with Gasteiger partial charge in [0.1, 0.15) is 11.5 Å². The molecule has 1 atom stereocenters. The maximum atomic E-state index is 13.3. The van der Waals surface area contributed by atoms with Crippen LogP contribution in [-0.4, -0.2) is 65.4 Å². The van der Waals surface area contributed by atoms with E-state index in [4.69, 9.17) is 4.74 Å². The summed E-state index contributed by atoms with van der Waals surface area (Å²) in [7, 11) is 3.94. The first kappa shape index (κ1) is 23.6. The van der Waals surface area contributed by atoms with Crippen LogP contribution in [0, 0.1) is 0 Å². The number of rotatable bonds is 9. The second-order valence-electron chi connectivity index (χ2n) is 8.82. The van der Waals surface area contributed by atoms with Crippen LogP contribution >= 0.6 is 0 Å². The van der Waals surface area contributed by atoms with Crippen LogP contribution in [0.1, 0.15) is 36.9 Å². The Morgan fingerprint density at radius 3 is 2.71 bits per heavy atom. The van der Waals surface area contributed by atoms with Gasteiger partial charge in [0.2, 0.25) is 0 Å². The molecule has 1 aliphatic rings. The van der Waals surface area contributed by atoms with Gasteiger partial charge < -0.3 is 24.6 Å². The zero-order chi connectivity index (χ0) is 24.2. The zero-order valence-electron chi connectivity index (χ0n) is 19.9. The summed E-state index contributed by atoms with van der Waals surface area (Å²) in [6.45, 7) is 3.75. The zero-order valence-corrected chi connectivity index (χ0v) is 19.9. The minimum atomic E-state index is -0.682. The van der Waals surface area contributed by atoms with E-state index in [9.17, 15) is 14.7 Å². The molecule has 1 amide bonds. The van der Waals surface area contributed by atoms with E-state index in [1.54, 1.807) is 23.1 Å². The Morgan fingerprint density at radius 2 is 1.94 bits per heavy atom. The van der Waals surface area contributed by atoms with Crippen molar-refractivity contribution in [1.82, 2.24) is 14.8 Å². The van der Waals surface area contributed by atoms with Crippen LogP contribution in [0.3, 0.4) is 0 Å². The van der Waals surface area contributed by atoms with Crippen molar-refractivity contribution in [2.24, 2.45) is 0 Å². The Hall–Kier alpha value is -3.58. The van der Waals surface area contributed by atoms with Gasteiger partial charge in [-0.05, 0) is 51.7 Å². The molecule has 0 spiro atoms. The lowest BCUT2D eigenvalue weighted by Gasteiger charge is -2.25. The molecule has 1 aliphatic heterocycles. The first-order valence-electron chi connectivity index (χ1n) is 11.6. The first-order chi connectivity index (χ1) is 16.4. The van der Waals surface area contributed by atoms with Crippen molar-refractivity contribution >= 4 is 28.4 Å². The van der Waals surface area contributed by atoms with Crippen LogP contribution in [0.25, 0.3) is 16.7 Å². The van der Waals surface area contributed by atoms with Crippen molar-refractivity contribution in [3.63, 3.8) is 0 Å². The van der Waals surface area contributed by atoms with Crippen LogP contribution in [-0.2, 0) is 9.59 Å². The van der Waals surface area contributed by atoms with Crippen molar-refractivity contribution in [3.05, 3.63) is 71.4 Å². The molecular formula is C27H31N3O4. The fourth-order valence-electron chi connectivity index (χ4n) is 4.42. The number of aliphatic hydroxyl groups excluding tert-OH is 1. The number of fused-ring (bicyclic) bond motifs is 1. The number of carbonyl (C=O) groups is 2. The van der Waals surface area contributed by atoms with Crippen molar-refractivity contribution in [1.29, 1.82) is 0 Å². The van der Waals surface area contributed by atoms with Gasteiger partial charge in [0.05, 0.1) is 18.2 Å². The Kier molecular flexibility index (Phi) is 7.03. The number of likely N-dealkylation sites (tertiary alicyclic amines) is 1. The summed E-state index contributed by atoms with van der Waals surface area (Å²) >= 11 is 0. The van der Waals surface area contributed by atoms with E-state index >= 15 is 0 Å². The molecule has 1 fully saturated rings. The number of nitrogens with one attached hydrogen (secondary N) is 1. The van der Waals surface area contributed by atoms with E-state index in [0.29, 0.717) is 30.9 Å². The van der Waals surface area contributed by atoms with E-state index in [1.165, 1.54) is 0 Å². The fraction of sp³-hybridized carbons (Fsp3) is 0.333. The molecule has 2 aromatic carbocycles. The molecule has 4 rings (SSSR count). The molecule has 2 N–H and O–H groups in total. The number of aliphatic hydroxyl groups is 1. The predicted octanol–water partition coefficient (Wildman–Crippen LogP) is 4.33. The quantitative estimate of drug-likeness (QED) is 0.281. The number of hydrogen-bond donors (Lipinski definition) is 2. The number of para-hydroxylation sites is 1. The number of H-pyrrole nitrogens is 1. The van der Waals surface area contributed by atoms with Crippen molar-refractivity contribution in [2.45, 2.75) is 25.8 Å². The van der Waals surface area contributed by atoms with E-state index in [0.717, 1.165) is 29.4 Å². The predicted molar refractivity (Wildman–Crippen MR) is 133 cm³/mol. The number of aromatic amines is 1. The smallest absolute Gasteiger partial charge is 0.295 e. The van der Waals surface area contributed by atoms with Crippen LogP contribution in [0.5, 0.6) is 5.75 Å². The van der Waals surface area contributed by atoms with E-state index in [-0.39, 0.29) is 11.3 Å². The largest absolute Gasteiger partial charge is 0.507 e. The fourth-order valence-corrected chi connectivity index (χ4v) is 4.42. The molecule has 3 aromatic rings. The molecule has 2 heterocycles. The van der Waals surface area contributed by atoms with Crippen molar-refractivity contribution in [2.75, 3.05) is 33.8 Å². The summed E-state index contributed by atoms with van der Waals surface area (Å²) in [5.41, 5.74) is 2.25. The summed E-state index contributed by atoms with van der Waals surface area (Å²) in [4.78, 5) is 33.3. The number of Topliss-reactive ketones (excluding diaryl/α,β-unsaturated/α-hetero) is 1. The van der Waals surface area contributed by atoms with Crippen molar-refractivity contribution < 1.29 is 19.4 Å². The number of carbonyl (C=O) groups excluding carboxylic acids is 2. The SMILES string of the molecule is CCCOc1cccc(/C(O)=C2\C(=O)C(=O)N(CCCN(C)C)C2c2c[nH]c3ccccc23)c1. The number of amides is 1. The Morgan fingerprint density at radius 1 is 1.15 bits per heavy atom. The molecule has 1 saturated heterocycles. The third kappa shape index (κ3) is 4.56. The average molecular weight is 462 g/mol. The normalized spacial score (nSPS) is 17.8. The van der Waals surface area contributed by atoms with Gasteiger partial charge in [0, 0.05) is 34.8 Å². The lowest BCUT2D eigenvalue weighted by molar-refractivity contribution is -0.139. The average Bonchev–Trinajstić information content (AvgIpc) is 3.36. The Balaban J connectivity index is 1.82. The number of ether oxygens (including phenoxy) is 1. The monoisotopic (exact) mass is 461 g/mol. The highest BCUT2D eigenvalue weighted by molar-refractivity contribution is 6.46. The minimum Gasteiger partial charge on any atom is -0.507 e. The molecule has 0 saturated carbocycles. The van der Waals surface area contributed by atoms with Crippen LogP contribution < -0.4 is 4.74 Å². The van der Waals surface area contributed by atoms with E-state index in [2.05, 4.69) is 4.98 Å². The lowest BCUT2D eigenvalue weighted by atomic mass is 9.95. The van der Waals surface area contributed by atoms with Gasteiger partial charge in [0.25, 0.3) is 11.7 Å². The number of ketones is 1. The third-order valence-electron chi connectivity index (χ3n) is 6.04. The Bertz CT molecular complexity index is 1230. The highest BCUT2D eigenvalue weighted by Gasteiger charge is 2.46. The van der Waals surface area contributed by atoms with E-state index in [1.807, 2.05) is 62.4 Å². The van der Waals surface area contributed by atoms with Crippen LogP contribution in [0.15, 0.2) is 60.3 Å². The molecule has 0 aliphatic carbocycles. The summed E-state index contributed by atoms with van der Waals surface area (Å²) in [6.07, 6.45) is 3.39. The van der Waals surface area contributed by atoms with Crippen LogP contribution in [0.2, 0.25) is 0 Å². The minimum absolute atomic E-state index is 0.104. The second-order valence-corrected chi connectivity index (χ2v) is 8.82. The van der Waals surface area contributed by atoms with E-state index < -0.39 is 17.7 Å². The third-order valence-corrected chi connectivity index (χ3v) is 6.04. The molecule has 7 nitrogen and oxygen atoms in total. The van der Waals surface area contributed by atoms with Gasteiger partial charge in [-0.25, -0.2) is 0 Å². The second kappa shape index (κ2) is 10.1. The van der Waals surface area contributed by atoms with Gasteiger partial charge in [-0.1, -0.05) is 37.3 Å². The van der Waals surface area contributed by atoms with Gasteiger partial charge in [-0.2, -0.15) is 0 Å². The summed E-state index contributed by atoms with van der Waals surface area (Å²) in [5, 5.41) is 12.3. The van der Waals surface area contributed by atoms with Gasteiger partial charge in [-0.3, -0.25) is 9.59 Å². The van der Waals surface area contributed by atoms with Gasteiger partial charge in [-0.15, -0.1) is 0 Å². The molecule has 178 valence electrons. The molecule has 0 bridgehead atoms. The lowest BCUT2D eigenvalue weighted by Crippen LogP contribution is -2.32. The standard InChI is InChI=1S/C27H31N3O4/c1-4-15-34-19-10-7-9-18(16-19)25(31)23-24(21-17-28-22-12-6-5-11-20(21)22)30(27(33)26(23)32)14-8-13-29(2)3/h5-7,9-12,16-17,24,28,31H,4,8,13-15H2,1-3H3/b25-23+.